The highest BCUT2D eigenvalue weighted by Crippen LogP contribution is 2.28. The van der Waals surface area contributed by atoms with Crippen LogP contribution in [0.2, 0.25) is 0 Å². The van der Waals surface area contributed by atoms with Crippen molar-refractivity contribution < 1.29 is 4.79 Å². The van der Waals surface area contributed by atoms with Crippen LogP contribution in [0.1, 0.15) is 31.6 Å². The molecule has 1 amide bonds. The van der Waals surface area contributed by atoms with Crippen molar-refractivity contribution in [1.82, 2.24) is 4.90 Å². The SMILES string of the molecule is CC(C)CN(C(=O)Cc1cccs1)C1CC1. The lowest BCUT2D eigenvalue weighted by molar-refractivity contribution is -0.131. The predicted octanol–water partition coefficient (Wildman–Crippen LogP) is 2.94. The van der Waals surface area contributed by atoms with Crippen molar-refractivity contribution in [3.63, 3.8) is 0 Å². The summed E-state index contributed by atoms with van der Waals surface area (Å²) in [5.74, 6) is 0.867. The third-order valence-corrected chi connectivity index (χ3v) is 3.65. The number of carbonyl (C=O) groups is 1. The summed E-state index contributed by atoms with van der Waals surface area (Å²) in [5.41, 5.74) is 0. The van der Waals surface area contributed by atoms with Gasteiger partial charge in [0, 0.05) is 17.5 Å². The highest BCUT2D eigenvalue weighted by atomic mass is 32.1. The average Bonchev–Trinajstić information content (AvgIpc) is 2.94. The lowest BCUT2D eigenvalue weighted by atomic mass is 10.2. The molecule has 0 aliphatic heterocycles. The second-order valence-corrected chi connectivity index (χ2v) is 5.96. The Morgan fingerprint density at radius 2 is 2.31 bits per heavy atom. The Morgan fingerprint density at radius 3 is 2.81 bits per heavy atom. The number of hydrogen-bond acceptors (Lipinski definition) is 2. The summed E-state index contributed by atoms with van der Waals surface area (Å²) in [7, 11) is 0. The summed E-state index contributed by atoms with van der Waals surface area (Å²) >= 11 is 1.67. The van der Waals surface area contributed by atoms with E-state index in [1.807, 2.05) is 17.5 Å². The molecule has 3 heteroatoms. The molecule has 0 unspecified atom stereocenters. The number of thiophene rings is 1. The molecule has 0 spiro atoms. The molecule has 0 aromatic carbocycles. The Morgan fingerprint density at radius 1 is 1.56 bits per heavy atom. The Hall–Kier alpha value is -0.830. The maximum Gasteiger partial charge on any atom is 0.228 e. The fourth-order valence-corrected chi connectivity index (χ4v) is 2.59. The third kappa shape index (κ3) is 3.08. The predicted molar refractivity (Wildman–Crippen MR) is 67.6 cm³/mol. The molecule has 1 fully saturated rings. The van der Waals surface area contributed by atoms with Gasteiger partial charge in [0.15, 0.2) is 0 Å². The van der Waals surface area contributed by atoms with E-state index in [-0.39, 0.29) is 0 Å². The summed E-state index contributed by atoms with van der Waals surface area (Å²) in [6, 6.07) is 4.59. The minimum absolute atomic E-state index is 0.304. The van der Waals surface area contributed by atoms with Crippen LogP contribution in [-0.2, 0) is 11.2 Å². The fraction of sp³-hybridized carbons (Fsp3) is 0.615. The van der Waals surface area contributed by atoms with Crippen molar-refractivity contribution in [3.05, 3.63) is 22.4 Å². The third-order valence-electron chi connectivity index (χ3n) is 2.78. The number of rotatable bonds is 5. The maximum absolute atomic E-state index is 12.2. The van der Waals surface area contributed by atoms with Crippen LogP contribution in [0.4, 0.5) is 0 Å². The first-order valence-electron chi connectivity index (χ1n) is 5.98. The molecule has 1 aliphatic carbocycles. The van der Waals surface area contributed by atoms with Gasteiger partial charge in [0.2, 0.25) is 5.91 Å². The van der Waals surface area contributed by atoms with E-state index in [9.17, 15) is 4.79 Å². The largest absolute Gasteiger partial charge is 0.339 e. The summed E-state index contributed by atoms with van der Waals surface area (Å²) in [6.45, 7) is 5.26. The number of amides is 1. The van der Waals surface area contributed by atoms with E-state index in [0.717, 1.165) is 6.54 Å². The standard InChI is InChI=1S/C13H19NOS/c1-10(2)9-14(11-5-6-11)13(15)8-12-4-3-7-16-12/h3-4,7,10-11H,5-6,8-9H2,1-2H3. The molecule has 88 valence electrons. The Kier molecular flexibility index (Phi) is 3.64. The molecule has 1 aromatic heterocycles. The second kappa shape index (κ2) is 5.00. The molecule has 1 heterocycles. The average molecular weight is 237 g/mol. The van der Waals surface area contributed by atoms with Crippen LogP contribution >= 0.6 is 11.3 Å². The van der Waals surface area contributed by atoms with Crippen molar-refractivity contribution in [2.75, 3.05) is 6.54 Å². The van der Waals surface area contributed by atoms with Crippen molar-refractivity contribution in [2.24, 2.45) is 5.92 Å². The zero-order valence-electron chi connectivity index (χ0n) is 9.98. The monoisotopic (exact) mass is 237 g/mol. The van der Waals surface area contributed by atoms with Gasteiger partial charge in [-0.3, -0.25) is 4.79 Å². The summed E-state index contributed by atoms with van der Waals surface area (Å²) in [5, 5.41) is 2.03. The van der Waals surface area contributed by atoms with Gasteiger partial charge < -0.3 is 4.90 Å². The first kappa shape index (κ1) is 11.6. The van der Waals surface area contributed by atoms with Gasteiger partial charge in [-0.25, -0.2) is 0 Å². The maximum atomic E-state index is 12.2. The van der Waals surface area contributed by atoms with E-state index in [4.69, 9.17) is 0 Å². The minimum Gasteiger partial charge on any atom is -0.339 e. The van der Waals surface area contributed by atoms with Crippen molar-refractivity contribution in [3.8, 4) is 0 Å². The topological polar surface area (TPSA) is 20.3 Å². The van der Waals surface area contributed by atoms with E-state index in [0.29, 0.717) is 24.3 Å². The van der Waals surface area contributed by atoms with Crippen molar-refractivity contribution in [1.29, 1.82) is 0 Å². The van der Waals surface area contributed by atoms with Crippen LogP contribution in [0.5, 0.6) is 0 Å². The molecule has 16 heavy (non-hydrogen) atoms. The number of nitrogens with zero attached hydrogens (tertiary/aromatic N) is 1. The van der Waals surface area contributed by atoms with Gasteiger partial charge in [0.05, 0.1) is 6.42 Å². The van der Waals surface area contributed by atoms with Gasteiger partial charge in [-0.2, -0.15) is 0 Å². The molecule has 0 N–H and O–H groups in total. The van der Waals surface area contributed by atoms with Crippen LogP contribution in [0.3, 0.4) is 0 Å². The van der Waals surface area contributed by atoms with Gasteiger partial charge in [-0.05, 0) is 30.2 Å². The molecule has 1 saturated carbocycles. The molecule has 1 aromatic rings. The quantitative estimate of drug-likeness (QED) is 0.771. The zero-order valence-corrected chi connectivity index (χ0v) is 10.8. The molecule has 2 rings (SSSR count). The molecule has 0 radical (unpaired) electrons. The number of hydrogen-bond donors (Lipinski definition) is 0. The molecule has 0 bridgehead atoms. The van der Waals surface area contributed by atoms with Crippen molar-refractivity contribution in [2.45, 2.75) is 39.2 Å². The van der Waals surface area contributed by atoms with E-state index in [2.05, 4.69) is 18.7 Å². The second-order valence-electron chi connectivity index (χ2n) is 4.93. The van der Waals surface area contributed by atoms with Crippen molar-refractivity contribution >= 4 is 17.2 Å². The minimum atomic E-state index is 0.304. The summed E-state index contributed by atoms with van der Waals surface area (Å²) < 4.78 is 0. The zero-order chi connectivity index (χ0) is 11.5. The van der Waals surface area contributed by atoms with E-state index in [1.165, 1.54) is 17.7 Å². The summed E-state index contributed by atoms with van der Waals surface area (Å²) in [6.07, 6.45) is 2.98. The van der Waals surface area contributed by atoms with E-state index >= 15 is 0 Å². The van der Waals surface area contributed by atoms with Gasteiger partial charge in [-0.15, -0.1) is 11.3 Å². The van der Waals surface area contributed by atoms with Crippen LogP contribution < -0.4 is 0 Å². The smallest absolute Gasteiger partial charge is 0.228 e. The van der Waals surface area contributed by atoms with Crippen LogP contribution in [0.25, 0.3) is 0 Å². The molecular weight excluding hydrogens is 218 g/mol. The molecular formula is C13H19NOS. The van der Waals surface area contributed by atoms with Gasteiger partial charge in [0.25, 0.3) is 0 Å². The lowest BCUT2D eigenvalue weighted by Gasteiger charge is -2.24. The number of carbonyl (C=O) groups excluding carboxylic acids is 1. The first-order chi connectivity index (χ1) is 7.66. The first-order valence-corrected chi connectivity index (χ1v) is 6.86. The van der Waals surface area contributed by atoms with E-state index in [1.54, 1.807) is 11.3 Å². The molecule has 0 saturated heterocycles. The molecule has 1 aliphatic rings. The normalized spacial score (nSPS) is 15.4. The van der Waals surface area contributed by atoms with Crippen LogP contribution in [0, 0.1) is 5.92 Å². The Bertz CT molecular complexity index is 341. The highest BCUT2D eigenvalue weighted by molar-refractivity contribution is 7.10. The highest BCUT2D eigenvalue weighted by Gasteiger charge is 2.32. The van der Waals surface area contributed by atoms with E-state index < -0.39 is 0 Å². The fourth-order valence-electron chi connectivity index (χ4n) is 1.90. The molecule has 2 nitrogen and oxygen atoms in total. The van der Waals surface area contributed by atoms with Gasteiger partial charge in [-0.1, -0.05) is 19.9 Å². The molecule has 0 atom stereocenters. The van der Waals surface area contributed by atoms with Gasteiger partial charge in [0.1, 0.15) is 0 Å². The Balaban J connectivity index is 1.94. The Labute approximate surface area is 101 Å². The lowest BCUT2D eigenvalue weighted by Crippen LogP contribution is -2.37. The van der Waals surface area contributed by atoms with Crippen LogP contribution in [-0.4, -0.2) is 23.4 Å². The van der Waals surface area contributed by atoms with Gasteiger partial charge >= 0.3 is 0 Å². The van der Waals surface area contributed by atoms with Crippen LogP contribution in [0.15, 0.2) is 17.5 Å². The summed E-state index contributed by atoms with van der Waals surface area (Å²) in [4.78, 5) is 15.4.